The molecule has 1 fully saturated rings. The molecule has 0 saturated carbocycles. The Labute approximate surface area is 112 Å². The van der Waals surface area contributed by atoms with Gasteiger partial charge in [-0.1, -0.05) is 0 Å². The second-order valence-corrected chi connectivity index (χ2v) is 4.53. The van der Waals surface area contributed by atoms with Crippen LogP contribution in [0.1, 0.15) is 12.8 Å². The van der Waals surface area contributed by atoms with Crippen LogP contribution in [0.2, 0.25) is 0 Å². The summed E-state index contributed by atoms with van der Waals surface area (Å²) in [7, 11) is 1.64. The van der Waals surface area contributed by atoms with Gasteiger partial charge in [0.05, 0.1) is 31.1 Å². The molecule has 1 amide bonds. The van der Waals surface area contributed by atoms with Crippen LogP contribution in [-0.4, -0.2) is 48.2 Å². The van der Waals surface area contributed by atoms with Gasteiger partial charge in [0, 0.05) is 19.9 Å². The Morgan fingerprint density at radius 1 is 1.68 bits per heavy atom. The van der Waals surface area contributed by atoms with Crippen molar-refractivity contribution in [3.05, 3.63) is 12.4 Å². The second kappa shape index (κ2) is 6.65. The van der Waals surface area contributed by atoms with E-state index < -0.39 is 6.10 Å². The lowest BCUT2D eigenvalue weighted by Gasteiger charge is -2.11. The highest BCUT2D eigenvalue weighted by molar-refractivity contribution is 5.94. The number of hydrogen-bond acceptors (Lipinski definition) is 5. The zero-order valence-electron chi connectivity index (χ0n) is 11.0. The Balaban J connectivity index is 1.83. The molecule has 1 aliphatic rings. The van der Waals surface area contributed by atoms with E-state index in [2.05, 4.69) is 10.4 Å². The van der Waals surface area contributed by atoms with Crippen molar-refractivity contribution in [2.75, 3.05) is 25.6 Å². The van der Waals surface area contributed by atoms with Gasteiger partial charge in [-0.25, -0.2) is 0 Å². The van der Waals surface area contributed by atoms with E-state index in [1.54, 1.807) is 24.2 Å². The normalized spacial score (nSPS) is 22.6. The van der Waals surface area contributed by atoms with Crippen LogP contribution >= 0.6 is 0 Å². The van der Waals surface area contributed by atoms with E-state index in [0.717, 1.165) is 6.42 Å². The van der Waals surface area contributed by atoms with E-state index in [9.17, 15) is 4.79 Å². The summed E-state index contributed by atoms with van der Waals surface area (Å²) < 4.78 is 12.2. The fourth-order valence-corrected chi connectivity index (χ4v) is 2.03. The first-order valence-corrected chi connectivity index (χ1v) is 6.40. The van der Waals surface area contributed by atoms with Gasteiger partial charge in [0.2, 0.25) is 0 Å². The number of aromatic nitrogens is 2. The maximum absolute atomic E-state index is 12.0. The number of amides is 1. The smallest absolute Gasteiger partial charge is 0.253 e. The number of methoxy groups -OCH3 is 1. The molecule has 7 nitrogen and oxygen atoms in total. The number of nitrogens with one attached hydrogen (secondary N) is 1. The Hall–Kier alpha value is -1.44. The van der Waals surface area contributed by atoms with E-state index >= 15 is 0 Å². The molecule has 2 atom stereocenters. The summed E-state index contributed by atoms with van der Waals surface area (Å²) in [5.41, 5.74) is 6.18. The van der Waals surface area contributed by atoms with Gasteiger partial charge in [0.15, 0.2) is 0 Å². The Morgan fingerprint density at radius 2 is 2.53 bits per heavy atom. The summed E-state index contributed by atoms with van der Waals surface area (Å²) >= 11 is 0. The van der Waals surface area contributed by atoms with Crippen LogP contribution in [0, 0.1) is 0 Å². The molecule has 0 radical (unpaired) electrons. The summed E-state index contributed by atoms with van der Waals surface area (Å²) in [6, 6.07) is 0. The van der Waals surface area contributed by atoms with Gasteiger partial charge in [0.1, 0.15) is 6.10 Å². The van der Waals surface area contributed by atoms with E-state index in [1.165, 1.54) is 0 Å². The molecular weight excluding hydrogens is 248 g/mol. The lowest BCUT2D eigenvalue weighted by Crippen LogP contribution is -2.29. The van der Waals surface area contributed by atoms with E-state index in [0.29, 0.717) is 31.8 Å². The molecule has 2 heterocycles. The summed E-state index contributed by atoms with van der Waals surface area (Å²) in [5.74, 6) is -0.137. The molecule has 0 bridgehead atoms. The fourth-order valence-electron chi connectivity index (χ4n) is 2.03. The summed E-state index contributed by atoms with van der Waals surface area (Å²) in [4.78, 5) is 12.0. The standard InChI is InChI=1S/C12H20N4O3/c1-18-5-4-16-8-9(7-14-16)15-12(17)11-3-2-10(6-13)19-11/h7-8,10-11H,2-6,13H2,1H3,(H,15,17)/t10-,11+/m1/s1. The van der Waals surface area contributed by atoms with E-state index in [1.807, 2.05) is 0 Å². The third-order valence-electron chi connectivity index (χ3n) is 3.09. The predicted octanol–water partition coefficient (Wildman–Crippen LogP) is -0.0257. The summed E-state index contributed by atoms with van der Waals surface area (Å²) in [6.07, 6.45) is 4.53. The van der Waals surface area contributed by atoms with Crippen molar-refractivity contribution < 1.29 is 14.3 Å². The molecule has 106 valence electrons. The largest absolute Gasteiger partial charge is 0.383 e. The molecule has 7 heteroatoms. The molecule has 1 aromatic heterocycles. The Kier molecular flexibility index (Phi) is 4.89. The first kappa shape index (κ1) is 14.0. The average molecular weight is 268 g/mol. The molecule has 2 rings (SSSR count). The van der Waals surface area contributed by atoms with Crippen LogP contribution in [-0.2, 0) is 20.8 Å². The minimum Gasteiger partial charge on any atom is -0.383 e. The highest BCUT2D eigenvalue weighted by Gasteiger charge is 2.29. The molecule has 3 N–H and O–H groups in total. The molecule has 19 heavy (non-hydrogen) atoms. The van der Waals surface area contributed by atoms with Crippen molar-refractivity contribution in [3.63, 3.8) is 0 Å². The van der Waals surface area contributed by atoms with Gasteiger partial charge in [-0.15, -0.1) is 0 Å². The topological polar surface area (TPSA) is 91.4 Å². The van der Waals surface area contributed by atoms with Crippen molar-refractivity contribution in [1.29, 1.82) is 0 Å². The number of carbonyl (C=O) groups excluding carboxylic acids is 1. The van der Waals surface area contributed by atoms with Gasteiger partial charge >= 0.3 is 0 Å². The number of anilines is 1. The van der Waals surface area contributed by atoms with Crippen molar-refractivity contribution in [1.82, 2.24) is 9.78 Å². The van der Waals surface area contributed by atoms with Gasteiger partial charge in [-0.2, -0.15) is 5.10 Å². The molecule has 0 unspecified atom stereocenters. The number of ether oxygens (including phenoxy) is 2. The zero-order chi connectivity index (χ0) is 13.7. The van der Waals surface area contributed by atoms with Crippen molar-refractivity contribution in [3.8, 4) is 0 Å². The van der Waals surface area contributed by atoms with Crippen molar-refractivity contribution in [2.24, 2.45) is 5.73 Å². The minimum atomic E-state index is -0.407. The number of hydrogen-bond donors (Lipinski definition) is 2. The number of rotatable bonds is 6. The predicted molar refractivity (Wildman–Crippen MR) is 69.7 cm³/mol. The Morgan fingerprint density at radius 3 is 3.21 bits per heavy atom. The van der Waals surface area contributed by atoms with Gasteiger partial charge in [-0.05, 0) is 12.8 Å². The fraction of sp³-hybridized carbons (Fsp3) is 0.667. The Bertz CT molecular complexity index is 421. The number of carbonyl (C=O) groups is 1. The van der Waals surface area contributed by atoms with E-state index in [4.69, 9.17) is 15.2 Å². The second-order valence-electron chi connectivity index (χ2n) is 4.53. The maximum Gasteiger partial charge on any atom is 0.253 e. The third-order valence-corrected chi connectivity index (χ3v) is 3.09. The number of nitrogens with zero attached hydrogens (tertiary/aromatic N) is 2. The van der Waals surface area contributed by atoms with Crippen LogP contribution in [0.4, 0.5) is 5.69 Å². The maximum atomic E-state index is 12.0. The van der Waals surface area contributed by atoms with Crippen LogP contribution < -0.4 is 11.1 Å². The van der Waals surface area contributed by atoms with E-state index in [-0.39, 0.29) is 12.0 Å². The third kappa shape index (κ3) is 3.76. The van der Waals surface area contributed by atoms with Crippen LogP contribution in [0.25, 0.3) is 0 Å². The van der Waals surface area contributed by atoms with Crippen LogP contribution in [0.15, 0.2) is 12.4 Å². The first-order chi connectivity index (χ1) is 9.22. The van der Waals surface area contributed by atoms with Gasteiger partial charge in [0.25, 0.3) is 5.91 Å². The average Bonchev–Trinajstić information content (AvgIpc) is 3.05. The molecule has 1 aliphatic heterocycles. The molecule has 0 aliphatic carbocycles. The molecule has 0 spiro atoms. The molecule has 0 aromatic carbocycles. The quantitative estimate of drug-likeness (QED) is 0.756. The van der Waals surface area contributed by atoms with Crippen molar-refractivity contribution >= 4 is 11.6 Å². The summed E-state index contributed by atoms with van der Waals surface area (Å²) in [5, 5.41) is 6.92. The van der Waals surface area contributed by atoms with Gasteiger partial charge < -0.3 is 20.5 Å². The highest BCUT2D eigenvalue weighted by atomic mass is 16.5. The highest BCUT2D eigenvalue weighted by Crippen LogP contribution is 2.20. The van der Waals surface area contributed by atoms with Crippen molar-refractivity contribution in [2.45, 2.75) is 31.6 Å². The first-order valence-electron chi connectivity index (χ1n) is 6.40. The SMILES string of the molecule is COCCn1cc(NC(=O)[C@@H]2CC[C@H](CN)O2)cn1. The molecule has 1 saturated heterocycles. The van der Waals surface area contributed by atoms with Gasteiger partial charge in [-0.3, -0.25) is 9.48 Å². The molecule has 1 aromatic rings. The molecular formula is C12H20N4O3. The monoisotopic (exact) mass is 268 g/mol. The lowest BCUT2D eigenvalue weighted by atomic mass is 10.2. The van der Waals surface area contributed by atoms with Crippen LogP contribution in [0.5, 0.6) is 0 Å². The zero-order valence-corrected chi connectivity index (χ0v) is 11.0. The summed E-state index contributed by atoms with van der Waals surface area (Å²) in [6.45, 7) is 1.69. The minimum absolute atomic E-state index is 0.000163. The lowest BCUT2D eigenvalue weighted by molar-refractivity contribution is -0.126. The number of nitrogens with two attached hydrogens (primary N) is 1. The van der Waals surface area contributed by atoms with Crippen LogP contribution in [0.3, 0.4) is 0 Å².